The Kier molecular flexibility index (Phi) is 4.97. The molecule has 0 aliphatic carbocycles. The van der Waals surface area contributed by atoms with Crippen LogP contribution in [0.2, 0.25) is 0 Å². The molecule has 25 heavy (non-hydrogen) atoms. The number of carbonyl (C=O) groups is 1. The summed E-state index contributed by atoms with van der Waals surface area (Å²) in [5.74, 6) is -0.508. The number of hydrogen-bond acceptors (Lipinski definition) is 6. The van der Waals surface area contributed by atoms with Crippen LogP contribution in [0.25, 0.3) is 0 Å². The van der Waals surface area contributed by atoms with Crippen LogP contribution in [0.3, 0.4) is 0 Å². The zero-order valence-electron chi connectivity index (χ0n) is 13.9. The van der Waals surface area contributed by atoms with E-state index in [9.17, 15) is 14.0 Å². The van der Waals surface area contributed by atoms with Gasteiger partial charge < -0.3 is 14.5 Å². The minimum Gasteiger partial charge on any atom is -0.462 e. The fourth-order valence-corrected chi connectivity index (χ4v) is 2.73. The van der Waals surface area contributed by atoms with E-state index in [4.69, 9.17) is 4.74 Å². The van der Waals surface area contributed by atoms with Crippen molar-refractivity contribution in [2.45, 2.75) is 6.92 Å². The number of esters is 1. The minimum atomic E-state index is -0.677. The Morgan fingerprint density at radius 2 is 1.84 bits per heavy atom. The van der Waals surface area contributed by atoms with E-state index in [-0.39, 0.29) is 18.0 Å². The zero-order chi connectivity index (χ0) is 17.8. The van der Waals surface area contributed by atoms with Gasteiger partial charge in [-0.2, -0.15) is 0 Å². The van der Waals surface area contributed by atoms with Gasteiger partial charge in [0.25, 0.3) is 5.56 Å². The third-order valence-electron chi connectivity index (χ3n) is 4.05. The van der Waals surface area contributed by atoms with E-state index in [1.807, 2.05) is 4.90 Å². The van der Waals surface area contributed by atoms with Crippen LogP contribution >= 0.6 is 0 Å². The lowest BCUT2D eigenvalue weighted by atomic mass is 10.2. The molecular weight excluding hydrogens is 327 g/mol. The van der Waals surface area contributed by atoms with Crippen LogP contribution in [0.1, 0.15) is 17.3 Å². The van der Waals surface area contributed by atoms with Gasteiger partial charge in [0.1, 0.15) is 11.4 Å². The number of H-pyrrole nitrogens is 1. The number of rotatable bonds is 4. The van der Waals surface area contributed by atoms with E-state index in [0.717, 1.165) is 18.8 Å². The molecule has 0 saturated carbocycles. The summed E-state index contributed by atoms with van der Waals surface area (Å²) in [6, 6.07) is 6.38. The number of piperazine rings is 1. The van der Waals surface area contributed by atoms with Crippen molar-refractivity contribution in [2.24, 2.45) is 0 Å². The van der Waals surface area contributed by atoms with Gasteiger partial charge in [0, 0.05) is 31.9 Å². The Hall–Kier alpha value is -2.90. The molecule has 2 aromatic rings. The van der Waals surface area contributed by atoms with Gasteiger partial charge >= 0.3 is 5.97 Å². The first kappa shape index (κ1) is 16.9. The summed E-state index contributed by atoms with van der Waals surface area (Å²) in [4.78, 5) is 34.6. The van der Waals surface area contributed by atoms with Crippen molar-refractivity contribution in [3.05, 3.63) is 52.2 Å². The lowest BCUT2D eigenvalue weighted by Gasteiger charge is -2.36. The first-order valence-corrected chi connectivity index (χ1v) is 8.10. The number of aromatic nitrogens is 2. The number of nitrogens with zero attached hydrogens (tertiary/aromatic N) is 3. The van der Waals surface area contributed by atoms with Crippen molar-refractivity contribution in [2.75, 3.05) is 42.6 Å². The number of halogens is 1. The molecule has 1 aromatic heterocycles. The molecule has 3 rings (SSSR count). The quantitative estimate of drug-likeness (QED) is 0.844. The van der Waals surface area contributed by atoms with Gasteiger partial charge in [-0.15, -0.1) is 0 Å². The second kappa shape index (κ2) is 7.33. The van der Waals surface area contributed by atoms with Gasteiger partial charge in [-0.3, -0.25) is 9.78 Å². The normalized spacial score (nSPS) is 14.5. The lowest BCUT2D eigenvalue weighted by molar-refractivity contribution is 0.0523. The average Bonchev–Trinajstić information content (AvgIpc) is 2.62. The summed E-state index contributed by atoms with van der Waals surface area (Å²) in [5.41, 5.74) is 0.347. The SMILES string of the molecule is CCOC(=O)c1cnc(N2CCN(c3ccc(F)cc3)CC2)[nH]c1=O. The first-order valence-electron chi connectivity index (χ1n) is 8.10. The number of nitrogens with one attached hydrogen (secondary N) is 1. The van der Waals surface area contributed by atoms with Crippen molar-refractivity contribution in [3.8, 4) is 0 Å². The highest BCUT2D eigenvalue weighted by molar-refractivity contribution is 5.88. The van der Waals surface area contributed by atoms with E-state index >= 15 is 0 Å². The molecule has 0 radical (unpaired) electrons. The molecule has 0 bridgehead atoms. The van der Waals surface area contributed by atoms with Crippen LogP contribution in [0.5, 0.6) is 0 Å². The van der Waals surface area contributed by atoms with Crippen molar-refractivity contribution in [1.82, 2.24) is 9.97 Å². The molecule has 8 heteroatoms. The van der Waals surface area contributed by atoms with Crippen molar-refractivity contribution < 1.29 is 13.9 Å². The molecule has 1 N–H and O–H groups in total. The molecule has 2 heterocycles. The molecule has 1 aliphatic heterocycles. The summed E-state index contributed by atoms with van der Waals surface area (Å²) in [6.45, 7) is 4.61. The smallest absolute Gasteiger partial charge is 0.345 e. The van der Waals surface area contributed by atoms with Gasteiger partial charge in [0.05, 0.1) is 12.8 Å². The van der Waals surface area contributed by atoms with Crippen LogP contribution in [-0.2, 0) is 4.74 Å². The Morgan fingerprint density at radius 1 is 1.20 bits per heavy atom. The highest BCUT2D eigenvalue weighted by atomic mass is 19.1. The van der Waals surface area contributed by atoms with E-state index in [1.54, 1.807) is 19.1 Å². The van der Waals surface area contributed by atoms with Gasteiger partial charge in [-0.25, -0.2) is 14.2 Å². The number of aromatic amines is 1. The molecule has 0 atom stereocenters. The fraction of sp³-hybridized carbons (Fsp3) is 0.353. The van der Waals surface area contributed by atoms with Crippen LogP contribution < -0.4 is 15.4 Å². The Bertz CT molecular complexity index is 798. The minimum absolute atomic E-state index is 0.101. The van der Waals surface area contributed by atoms with Crippen LogP contribution in [0.15, 0.2) is 35.3 Å². The summed E-state index contributed by atoms with van der Waals surface area (Å²) in [5, 5.41) is 0. The van der Waals surface area contributed by atoms with E-state index < -0.39 is 11.5 Å². The second-order valence-electron chi connectivity index (χ2n) is 5.62. The first-order chi connectivity index (χ1) is 12.1. The van der Waals surface area contributed by atoms with Crippen LogP contribution in [-0.4, -0.2) is 48.7 Å². The Labute approximate surface area is 144 Å². The topological polar surface area (TPSA) is 78.5 Å². The van der Waals surface area contributed by atoms with Gasteiger partial charge in [0.15, 0.2) is 0 Å². The number of carbonyl (C=O) groups excluding carboxylic acids is 1. The maximum absolute atomic E-state index is 13.0. The van der Waals surface area contributed by atoms with E-state index in [1.165, 1.54) is 18.3 Å². The number of anilines is 2. The Balaban J connectivity index is 1.66. The summed E-state index contributed by atoms with van der Waals surface area (Å²) >= 11 is 0. The van der Waals surface area contributed by atoms with E-state index in [2.05, 4.69) is 14.9 Å². The average molecular weight is 346 g/mol. The van der Waals surface area contributed by atoms with Gasteiger partial charge in [-0.1, -0.05) is 0 Å². The summed E-state index contributed by atoms with van der Waals surface area (Å²) < 4.78 is 17.8. The van der Waals surface area contributed by atoms with Crippen molar-refractivity contribution in [3.63, 3.8) is 0 Å². The molecule has 132 valence electrons. The molecule has 7 nitrogen and oxygen atoms in total. The third-order valence-corrected chi connectivity index (χ3v) is 4.05. The van der Waals surface area contributed by atoms with Crippen molar-refractivity contribution >= 4 is 17.6 Å². The van der Waals surface area contributed by atoms with Crippen LogP contribution in [0, 0.1) is 5.82 Å². The molecule has 1 aromatic carbocycles. The van der Waals surface area contributed by atoms with E-state index in [0.29, 0.717) is 19.0 Å². The fourth-order valence-electron chi connectivity index (χ4n) is 2.73. The standard InChI is InChI=1S/C17H19FN4O3/c1-2-25-16(24)14-11-19-17(20-15(14)23)22-9-7-21(8-10-22)13-5-3-12(18)4-6-13/h3-6,11H,2,7-10H2,1H3,(H,19,20,23). The monoisotopic (exact) mass is 346 g/mol. The van der Waals surface area contributed by atoms with Gasteiger partial charge in [0.2, 0.25) is 5.95 Å². The molecule has 1 aliphatic rings. The molecule has 0 spiro atoms. The van der Waals surface area contributed by atoms with Crippen LogP contribution in [0.4, 0.5) is 16.0 Å². The highest BCUT2D eigenvalue weighted by Crippen LogP contribution is 2.18. The lowest BCUT2D eigenvalue weighted by Crippen LogP contribution is -2.47. The largest absolute Gasteiger partial charge is 0.462 e. The molecule has 1 saturated heterocycles. The zero-order valence-corrected chi connectivity index (χ0v) is 13.9. The summed E-state index contributed by atoms with van der Waals surface area (Å²) in [6.07, 6.45) is 1.25. The molecular formula is C17H19FN4O3. The highest BCUT2D eigenvalue weighted by Gasteiger charge is 2.20. The molecule has 0 unspecified atom stereocenters. The molecule has 1 fully saturated rings. The third kappa shape index (κ3) is 3.78. The predicted octanol–water partition coefficient (Wildman–Crippen LogP) is 1.41. The summed E-state index contributed by atoms with van der Waals surface area (Å²) in [7, 11) is 0. The number of ether oxygens (including phenoxy) is 1. The second-order valence-corrected chi connectivity index (χ2v) is 5.62. The maximum Gasteiger partial charge on any atom is 0.345 e. The van der Waals surface area contributed by atoms with Crippen molar-refractivity contribution in [1.29, 1.82) is 0 Å². The number of benzene rings is 1. The number of hydrogen-bond donors (Lipinski definition) is 1. The maximum atomic E-state index is 13.0. The Morgan fingerprint density at radius 3 is 2.44 bits per heavy atom. The predicted molar refractivity (Wildman–Crippen MR) is 91.6 cm³/mol. The molecule has 0 amide bonds. The van der Waals surface area contributed by atoms with Gasteiger partial charge in [-0.05, 0) is 31.2 Å².